The summed E-state index contributed by atoms with van der Waals surface area (Å²) in [6, 6.07) is 18.6. The van der Waals surface area contributed by atoms with Crippen molar-refractivity contribution in [1.82, 2.24) is 14.7 Å². The van der Waals surface area contributed by atoms with Crippen molar-refractivity contribution >= 4 is 46.8 Å². The zero-order valence-corrected chi connectivity index (χ0v) is 28.1. The van der Waals surface area contributed by atoms with Gasteiger partial charge in [-0.1, -0.05) is 61.3 Å². The number of hydrogen-bond donors (Lipinski definition) is 0. The summed E-state index contributed by atoms with van der Waals surface area (Å²) in [4.78, 5) is 50.3. The Morgan fingerprint density at radius 3 is 2.11 bits per heavy atom. The van der Waals surface area contributed by atoms with Crippen molar-refractivity contribution < 1.29 is 23.9 Å². The summed E-state index contributed by atoms with van der Waals surface area (Å²) in [6.07, 6.45) is -0.171. The van der Waals surface area contributed by atoms with Crippen molar-refractivity contribution in [3.63, 3.8) is 0 Å². The van der Waals surface area contributed by atoms with E-state index in [1.165, 1.54) is 9.80 Å². The second-order valence-corrected chi connectivity index (χ2v) is 12.9. The number of aliphatic imine (C=N–C) groups is 1. The van der Waals surface area contributed by atoms with E-state index >= 15 is 0 Å². The van der Waals surface area contributed by atoms with Crippen molar-refractivity contribution in [3.05, 3.63) is 93.5 Å². The molecule has 0 spiro atoms. The van der Waals surface area contributed by atoms with E-state index in [-0.39, 0.29) is 55.9 Å². The molecule has 46 heavy (non-hydrogen) atoms. The summed E-state index contributed by atoms with van der Waals surface area (Å²) < 4.78 is 11.7. The summed E-state index contributed by atoms with van der Waals surface area (Å²) in [5.74, 6) is 1.01. The maximum Gasteiger partial charge on any atom is 0.326 e. The van der Waals surface area contributed by atoms with Crippen LogP contribution in [-0.4, -0.2) is 77.6 Å². The number of piperazine rings is 1. The van der Waals surface area contributed by atoms with Gasteiger partial charge >= 0.3 is 6.03 Å². The molecule has 1 fully saturated rings. The number of halogens is 2. The molecule has 11 heteroatoms. The van der Waals surface area contributed by atoms with Crippen molar-refractivity contribution in [2.75, 3.05) is 33.3 Å². The number of benzene rings is 3. The number of amides is 3. The van der Waals surface area contributed by atoms with Gasteiger partial charge in [-0.3, -0.25) is 19.5 Å². The molecule has 2 heterocycles. The number of ketones is 1. The van der Waals surface area contributed by atoms with E-state index in [9.17, 15) is 14.4 Å². The molecule has 3 aromatic rings. The fourth-order valence-corrected chi connectivity index (χ4v) is 5.83. The molecule has 9 nitrogen and oxygen atoms in total. The summed E-state index contributed by atoms with van der Waals surface area (Å²) in [7, 11) is 1.58. The van der Waals surface area contributed by atoms with Gasteiger partial charge in [0.1, 0.15) is 29.9 Å². The molecule has 2 atom stereocenters. The average molecular weight is 666 g/mol. The summed E-state index contributed by atoms with van der Waals surface area (Å²) >= 11 is 12.5. The van der Waals surface area contributed by atoms with Crippen LogP contribution in [0.1, 0.15) is 56.5 Å². The SMILES string of the molecule is COc1ccc(C2=N[C@H](c3ccc(Cl)cc3)[C@H](c3ccc(Cl)cc3)N2C(=O)N2CCN(CC(=O)C(C)C)C(=O)C2)c(OC(C)C)c1. The lowest BCUT2D eigenvalue weighted by Gasteiger charge is -2.38. The number of carbonyl (C=O) groups is 3. The van der Waals surface area contributed by atoms with Gasteiger partial charge in [0, 0.05) is 35.1 Å². The van der Waals surface area contributed by atoms with Crippen molar-refractivity contribution in [1.29, 1.82) is 0 Å². The summed E-state index contributed by atoms with van der Waals surface area (Å²) in [5.41, 5.74) is 2.26. The number of rotatable bonds is 9. The Labute approximate surface area is 279 Å². The lowest BCUT2D eigenvalue weighted by molar-refractivity contribution is -0.139. The third kappa shape index (κ3) is 7.16. The molecule has 0 aromatic heterocycles. The Hall–Kier alpha value is -4.08. The van der Waals surface area contributed by atoms with E-state index in [2.05, 4.69) is 0 Å². The Balaban J connectivity index is 1.62. The van der Waals surface area contributed by atoms with Crippen LogP contribution in [0, 0.1) is 5.92 Å². The smallest absolute Gasteiger partial charge is 0.326 e. The van der Waals surface area contributed by atoms with Crippen LogP contribution >= 0.6 is 23.2 Å². The number of Topliss-reactive ketones (excluding diaryl/α,β-unsaturated/α-hetero) is 1. The largest absolute Gasteiger partial charge is 0.497 e. The van der Waals surface area contributed by atoms with Gasteiger partial charge in [-0.2, -0.15) is 0 Å². The molecule has 0 radical (unpaired) electrons. The van der Waals surface area contributed by atoms with E-state index in [1.54, 1.807) is 48.4 Å². The van der Waals surface area contributed by atoms with Gasteiger partial charge in [0.05, 0.1) is 31.4 Å². The Kier molecular flexibility index (Phi) is 10.2. The highest BCUT2D eigenvalue weighted by Crippen LogP contribution is 2.46. The number of methoxy groups -OCH3 is 1. The second kappa shape index (κ2) is 14.1. The second-order valence-electron chi connectivity index (χ2n) is 12.0. The van der Waals surface area contributed by atoms with Crippen LogP contribution < -0.4 is 9.47 Å². The topological polar surface area (TPSA) is 91.8 Å². The van der Waals surface area contributed by atoms with E-state index in [1.807, 2.05) is 58.0 Å². The van der Waals surface area contributed by atoms with Crippen LogP contribution in [0.15, 0.2) is 71.7 Å². The molecular weight excluding hydrogens is 627 g/mol. The zero-order valence-electron chi connectivity index (χ0n) is 26.6. The van der Waals surface area contributed by atoms with E-state index < -0.39 is 12.1 Å². The van der Waals surface area contributed by atoms with Crippen LogP contribution in [0.25, 0.3) is 0 Å². The molecule has 5 rings (SSSR count). The Morgan fingerprint density at radius 1 is 0.913 bits per heavy atom. The fraction of sp³-hybridized carbons (Fsp3) is 0.371. The first kappa shape index (κ1) is 33.3. The highest BCUT2D eigenvalue weighted by Gasteiger charge is 2.45. The van der Waals surface area contributed by atoms with Gasteiger partial charge in [-0.25, -0.2) is 4.79 Å². The van der Waals surface area contributed by atoms with Crippen molar-refractivity contribution in [2.24, 2.45) is 10.9 Å². The lowest BCUT2D eigenvalue weighted by atomic mass is 9.93. The normalized spacial score (nSPS) is 18.3. The molecule has 0 saturated carbocycles. The summed E-state index contributed by atoms with van der Waals surface area (Å²) in [6.45, 7) is 7.84. The number of amidine groups is 1. The minimum Gasteiger partial charge on any atom is -0.497 e. The zero-order chi connectivity index (χ0) is 33.1. The highest BCUT2D eigenvalue weighted by molar-refractivity contribution is 6.30. The van der Waals surface area contributed by atoms with Crippen molar-refractivity contribution in [3.8, 4) is 11.5 Å². The lowest BCUT2D eigenvalue weighted by Crippen LogP contribution is -2.57. The Morgan fingerprint density at radius 2 is 1.54 bits per heavy atom. The van der Waals surface area contributed by atoms with Gasteiger partial charge in [-0.15, -0.1) is 0 Å². The van der Waals surface area contributed by atoms with Crippen LogP contribution in [0.4, 0.5) is 4.79 Å². The molecule has 3 amide bonds. The number of nitrogens with zero attached hydrogens (tertiary/aromatic N) is 4. The molecule has 3 aromatic carbocycles. The predicted octanol–water partition coefficient (Wildman–Crippen LogP) is 6.82. The molecule has 2 aliphatic heterocycles. The Bertz CT molecular complexity index is 1620. The molecule has 2 aliphatic rings. The van der Waals surface area contributed by atoms with Crippen LogP contribution in [0.3, 0.4) is 0 Å². The van der Waals surface area contributed by atoms with E-state index in [4.69, 9.17) is 37.7 Å². The maximum absolute atomic E-state index is 14.7. The van der Waals surface area contributed by atoms with Gasteiger partial charge in [0.15, 0.2) is 5.78 Å². The van der Waals surface area contributed by atoms with Gasteiger partial charge < -0.3 is 19.3 Å². The number of urea groups is 1. The minimum atomic E-state index is -0.592. The molecule has 0 unspecified atom stereocenters. The van der Waals surface area contributed by atoms with Crippen LogP contribution in [0.5, 0.6) is 11.5 Å². The fourth-order valence-electron chi connectivity index (χ4n) is 5.58. The van der Waals surface area contributed by atoms with Gasteiger partial charge in [-0.05, 0) is 61.4 Å². The van der Waals surface area contributed by atoms with Crippen molar-refractivity contribution in [2.45, 2.75) is 45.9 Å². The first-order chi connectivity index (χ1) is 22.0. The molecule has 1 saturated heterocycles. The van der Waals surface area contributed by atoms with Crippen LogP contribution in [-0.2, 0) is 9.59 Å². The first-order valence-electron chi connectivity index (χ1n) is 15.3. The van der Waals surface area contributed by atoms with E-state index in [0.717, 1.165) is 11.1 Å². The molecule has 0 aliphatic carbocycles. The van der Waals surface area contributed by atoms with Crippen LogP contribution in [0.2, 0.25) is 10.0 Å². The average Bonchev–Trinajstić information content (AvgIpc) is 3.42. The molecular formula is C35H38Cl2N4O5. The molecule has 242 valence electrons. The highest BCUT2D eigenvalue weighted by atomic mass is 35.5. The maximum atomic E-state index is 14.7. The predicted molar refractivity (Wildman–Crippen MR) is 179 cm³/mol. The molecule has 0 N–H and O–H groups in total. The van der Waals surface area contributed by atoms with Gasteiger partial charge in [0.25, 0.3) is 0 Å². The standard InChI is InChI=1S/C35H38Cl2N4O5/c1-21(2)29(42)19-39-16-17-40(20-31(39)43)35(44)41-33(24-8-12-26(37)13-9-24)32(23-6-10-25(36)11-7-23)38-34(41)28-15-14-27(45-5)18-30(28)46-22(3)4/h6-15,18,21-22,32-33H,16-17,19-20H2,1-5H3/t32-,33+/m1/s1. The third-order valence-electron chi connectivity index (χ3n) is 8.07. The number of carbonyl (C=O) groups excluding carboxylic acids is 3. The number of hydrogen-bond acceptors (Lipinski definition) is 6. The van der Waals surface area contributed by atoms with E-state index in [0.29, 0.717) is 32.9 Å². The summed E-state index contributed by atoms with van der Waals surface area (Å²) in [5, 5.41) is 1.14. The molecule has 0 bridgehead atoms. The third-order valence-corrected chi connectivity index (χ3v) is 8.57. The quantitative estimate of drug-likeness (QED) is 0.250. The monoisotopic (exact) mass is 664 g/mol. The van der Waals surface area contributed by atoms with Gasteiger partial charge in [0.2, 0.25) is 5.91 Å². The minimum absolute atomic E-state index is 0.0205. The first-order valence-corrected chi connectivity index (χ1v) is 16.0. The number of ether oxygens (including phenoxy) is 2.